The number of rotatable bonds is 5. The van der Waals surface area contributed by atoms with Crippen LogP contribution in [-0.2, 0) is 11.2 Å². The topological polar surface area (TPSA) is 57.8 Å². The van der Waals surface area contributed by atoms with E-state index >= 15 is 0 Å². The summed E-state index contributed by atoms with van der Waals surface area (Å²) < 4.78 is 0. The zero-order valence-corrected chi connectivity index (χ0v) is 8.34. The van der Waals surface area contributed by atoms with Crippen LogP contribution >= 0.6 is 0 Å². The number of hydrogen-bond donors (Lipinski definition) is 2. The minimum atomic E-state index is -0.117. The summed E-state index contributed by atoms with van der Waals surface area (Å²) in [6.07, 6.45) is 4.95. The molecule has 4 heteroatoms. The van der Waals surface area contributed by atoms with Crippen molar-refractivity contribution in [1.82, 2.24) is 15.5 Å². The van der Waals surface area contributed by atoms with E-state index in [0.29, 0.717) is 6.54 Å². The second-order valence-electron chi connectivity index (χ2n) is 3.12. The molecule has 0 bridgehead atoms. The third-order valence-electron chi connectivity index (χ3n) is 2.04. The van der Waals surface area contributed by atoms with Gasteiger partial charge in [0.2, 0.25) is 5.91 Å². The van der Waals surface area contributed by atoms with Crippen LogP contribution in [0.25, 0.3) is 0 Å². The molecule has 0 unspecified atom stereocenters. The Morgan fingerprint density at radius 3 is 3.14 bits per heavy atom. The van der Waals surface area contributed by atoms with Gasteiger partial charge in [-0.05, 0) is 31.4 Å². The number of hydrogen-bond acceptors (Lipinski definition) is 2. The molecule has 0 atom stereocenters. The van der Waals surface area contributed by atoms with E-state index in [2.05, 4.69) is 22.1 Å². The van der Waals surface area contributed by atoms with Crippen molar-refractivity contribution >= 4 is 5.91 Å². The lowest BCUT2D eigenvalue weighted by atomic mass is 10.1. The number of nitrogens with zero attached hydrogens (tertiary/aromatic N) is 1. The quantitative estimate of drug-likeness (QED) is 0.540. The van der Waals surface area contributed by atoms with E-state index in [4.69, 9.17) is 0 Å². The fraction of sp³-hybridized carbons (Fsp3) is 0.400. The van der Waals surface area contributed by atoms with Gasteiger partial charge in [0.15, 0.2) is 0 Å². The minimum absolute atomic E-state index is 0.117. The second-order valence-corrected chi connectivity index (χ2v) is 3.12. The lowest BCUT2D eigenvalue weighted by Crippen LogP contribution is -2.22. The van der Waals surface area contributed by atoms with Gasteiger partial charge in [-0.15, -0.1) is 0 Å². The van der Waals surface area contributed by atoms with Gasteiger partial charge in [0.1, 0.15) is 0 Å². The summed E-state index contributed by atoms with van der Waals surface area (Å²) in [5.41, 5.74) is 2.30. The molecular formula is C10H15N3O. The van der Waals surface area contributed by atoms with Crippen molar-refractivity contribution in [2.24, 2.45) is 0 Å². The van der Waals surface area contributed by atoms with E-state index in [1.165, 1.54) is 11.6 Å². The second kappa shape index (κ2) is 5.21. The Bertz CT molecular complexity index is 317. The molecule has 1 rings (SSSR count). The molecule has 0 saturated carbocycles. The van der Waals surface area contributed by atoms with Gasteiger partial charge in [-0.3, -0.25) is 9.89 Å². The van der Waals surface area contributed by atoms with E-state index in [0.717, 1.165) is 18.5 Å². The summed E-state index contributed by atoms with van der Waals surface area (Å²) in [7, 11) is 0. The molecule has 0 aliphatic rings. The lowest BCUT2D eigenvalue weighted by Gasteiger charge is -2.01. The van der Waals surface area contributed by atoms with E-state index in [1.807, 2.05) is 13.1 Å². The SMILES string of the molecule is C=CC(=O)NCCCc1cn[nH]c1C. The van der Waals surface area contributed by atoms with Crippen molar-refractivity contribution in [3.63, 3.8) is 0 Å². The van der Waals surface area contributed by atoms with Gasteiger partial charge in [0.25, 0.3) is 0 Å². The molecule has 0 aliphatic carbocycles. The van der Waals surface area contributed by atoms with Crippen molar-refractivity contribution in [1.29, 1.82) is 0 Å². The highest BCUT2D eigenvalue weighted by Crippen LogP contribution is 2.04. The summed E-state index contributed by atoms with van der Waals surface area (Å²) in [6.45, 7) is 6.04. The number of aromatic amines is 1. The average Bonchev–Trinajstić information content (AvgIpc) is 2.58. The average molecular weight is 193 g/mol. The van der Waals surface area contributed by atoms with Crippen molar-refractivity contribution in [3.8, 4) is 0 Å². The van der Waals surface area contributed by atoms with Gasteiger partial charge in [-0.25, -0.2) is 0 Å². The number of carbonyl (C=O) groups is 1. The van der Waals surface area contributed by atoms with Crippen LogP contribution in [0.2, 0.25) is 0 Å². The van der Waals surface area contributed by atoms with Gasteiger partial charge < -0.3 is 5.32 Å². The molecule has 1 aromatic heterocycles. The summed E-state index contributed by atoms with van der Waals surface area (Å²) >= 11 is 0. The molecule has 1 aromatic rings. The molecule has 1 heterocycles. The molecule has 0 aliphatic heterocycles. The monoisotopic (exact) mass is 193 g/mol. The molecule has 4 nitrogen and oxygen atoms in total. The minimum Gasteiger partial charge on any atom is -0.353 e. The van der Waals surface area contributed by atoms with E-state index in [1.54, 1.807) is 0 Å². The molecule has 0 fully saturated rings. The molecular weight excluding hydrogens is 178 g/mol. The van der Waals surface area contributed by atoms with E-state index in [-0.39, 0.29) is 5.91 Å². The smallest absolute Gasteiger partial charge is 0.243 e. The van der Waals surface area contributed by atoms with E-state index in [9.17, 15) is 4.79 Å². The van der Waals surface area contributed by atoms with Crippen LogP contribution in [0.1, 0.15) is 17.7 Å². The largest absolute Gasteiger partial charge is 0.353 e. The fourth-order valence-electron chi connectivity index (χ4n) is 1.19. The maximum Gasteiger partial charge on any atom is 0.243 e. The lowest BCUT2D eigenvalue weighted by molar-refractivity contribution is -0.116. The number of nitrogens with one attached hydrogen (secondary N) is 2. The molecule has 0 spiro atoms. The van der Waals surface area contributed by atoms with Crippen molar-refractivity contribution in [2.45, 2.75) is 19.8 Å². The number of aromatic nitrogens is 2. The Hall–Kier alpha value is -1.58. The first kappa shape index (κ1) is 10.5. The third-order valence-corrected chi connectivity index (χ3v) is 2.04. The van der Waals surface area contributed by atoms with Crippen LogP contribution in [0.5, 0.6) is 0 Å². The molecule has 0 radical (unpaired) electrons. The zero-order chi connectivity index (χ0) is 10.4. The molecule has 0 saturated heterocycles. The van der Waals surface area contributed by atoms with Gasteiger partial charge in [-0.2, -0.15) is 5.10 Å². The first-order chi connectivity index (χ1) is 6.74. The molecule has 14 heavy (non-hydrogen) atoms. The highest BCUT2D eigenvalue weighted by molar-refractivity contribution is 5.86. The maximum atomic E-state index is 10.8. The first-order valence-electron chi connectivity index (χ1n) is 4.63. The summed E-state index contributed by atoms with van der Waals surface area (Å²) in [6, 6.07) is 0. The first-order valence-corrected chi connectivity index (χ1v) is 4.63. The summed E-state index contributed by atoms with van der Waals surface area (Å²) in [5.74, 6) is -0.117. The van der Waals surface area contributed by atoms with Gasteiger partial charge in [-0.1, -0.05) is 6.58 Å². The highest BCUT2D eigenvalue weighted by atomic mass is 16.1. The van der Waals surface area contributed by atoms with Gasteiger partial charge in [0.05, 0.1) is 6.20 Å². The predicted octanol–water partition coefficient (Wildman–Crippen LogP) is 0.953. The van der Waals surface area contributed by atoms with E-state index < -0.39 is 0 Å². The third kappa shape index (κ3) is 3.05. The zero-order valence-electron chi connectivity index (χ0n) is 8.34. The predicted molar refractivity (Wildman–Crippen MR) is 54.9 cm³/mol. The number of H-pyrrole nitrogens is 1. The standard InChI is InChI=1S/C10H15N3O/c1-3-10(14)11-6-4-5-9-7-12-13-8(9)2/h3,7H,1,4-6H2,2H3,(H,11,14)(H,12,13). The van der Waals surface area contributed by atoms with Crippen LogP contribution in [-0.4, -0.2) is 22.6 Å². The fourth-order valence-corrected chi connectivity index (χ4v) is 1.19. The Balaban J connectivity index is 2.19. The Morgan fingerprint density at radius 1 is 1.79 bits per heavy atom. The normalized spacial score (nSPS) is 9.79. The van der Waals surface area contributed by atoms with Crippen LogP contribution in [0.3, 0.4) is 0 Å². The Labute approximate surface area is 83.4 Å². The van der Waals surface area contributed by atoms with Crippen LogP contribution in [0, 0.1) is 6.92 Å². The Morgan fingerprint density at radius 2 is 2.57 bits per heavy atom. The van der Waals surface area contributed by atoms with Crippen molar-refractivity contribution in [2.75, 3.05) is 6.54 Å². The summed E-state index contributed by atoms with van der Waals surface area (Å²) in [4.78, 5) is 10.8. The molecule has 2 N–H and O–H groups in total. The number of aryl methyl sites for hydroxylation is 2. The highest BCUT2D eigenvalue weighted by Gasteiger charge is 1.99. The maximum absolute atomic E-state index is 10.8. The van der Waals surface area contributed by atoms with Crippen LogP contribution < -0.4 is 5.32 Å². The molecule has 0 aromatic carbocycles. The number of amides is 1. The number of carbonyl (C=O) groups excluding carboxylic acids is 1. The molecule has 1 amide bonds. The molecule has 76 valence electrons. The van der Waals surface area contributed by atoms with Crippen LogP contribution in [0.15, 0.2) is 18.9 Å². The van der Waals surface area contributed by atoms with Gasteiger partial charge >= 0.3 is 0 Å². The van der Waals surface area contributed by atoms with Crippen LogP contribution in [0.4, 0.5) is 0 Å². The van der Waals surface area contributed by atoms with Crippen molar-refractivity contribution < 1.29 is 4.79 Å². The summed E-state index contributed by atoms with van der Waals surface area (Å²) in [5, 5.41) is 9.53. The van der Waals surface area contributed by atoms with Crippen molar-refractivity contribution in [3.05, 3.63) is 30.1 Å². The Kier molecular flexibility index (Phi) is 3.91. The van der Waals surface area contributed by atoms with Gasteiger partial charge in [0, 0.05) is 12.2 Å².